The van der Waals surface area contributed by atoms with Crippen LogP contribution in [0.5, 0.6) is 0 Å². The van der Waals surface area contributed by atoms with Crippen LogP contribution < -0.4 is 11.1 Å². The molecule has 0 aliphatic carbocycles. The van der Waals surface area contributed by atoms with Crippen molar-refractivity contribution in [2.45, 2.75) is 12.8 Å². The number of aliphatic hydroxyl groups is 1. The van der Waals surface area contributed by atoms with Gasteiger partial charge in [-0.25, -0.2) is 0 Å². The van der Waals surface area contributed by atoms with Crippen LogP contribution in [0.4, 0.5) is 5.69 Å². The summed E-state index contributed by atoms with van der Waals surface area (Å²) in [5, 5.41) is 11.6. The van der Waals surface area contributed by atoms with E-state index in [9.17, 15) is 4.79 Å². The van der Waals surface area contributed by atoms with Crippen molar-refractivity contribution in [2.24, 2.45) is 5.73 Å². The Hall–Kier alpha value is -1.50. The Labute approximate surface area is 124 Å². The lowest BCUT2D eigenvalue weighted by atomic mass is 10.2. The minimum Gasteiger partial charge on any atom is -0.395 e. The summed E-state index contributed by atoms with van der Waals surface area (Å²) >= 11 is 4.90. The third kappa shape index (κ3) is 6.10. The summed E-state index contributed by atoms with van der Waals surface area (Å²) in [6, 6.07) is 7.18. The molecule has 0 saturated heterocycles. The van der Waals surface area contributed by atoms with Crippen molar-refractivity contribution in [3.63, 3.8) is 0 Å². The van der Waals surface area contributed by atoms with E-state index >= 15 is 0 Å². The van der Waals surface area contributed by atoms with E-state index in [0.717, 1.165) is 18.5 Å². The number of benzene rings is 1. The first kappa shape index (κ1) is 16.6. The van der Waals surface area contributed by atoms with Crippen molar-refractivity contribution in [3.05, 3.63) is 29.8 Å². The predicted molar refractivity (Wildman–Crippen MR) is 84.8 cm³/mol. The number of carbonyl (C=O) groups excluding carboxylic acids is 1. The summed E-state index contributed by atoms with van der Waals surface area (Å²) in [6.07, 6.45) is 1.18. The highest BCUT2D eigenvalue weighted by molar-refractivity contribution is 7.80. The molecule has 1 amide bonds. The molecule has 0 atom stereocenters. The fourth-order valence-electron chi connectivity index (χ4n) is 1.77. The van der Waals surface area contributed by atoms with Crippen LogP contribution in [-0.2, 0) is 4.79 Å². The number of likely N-dealkylation sites (N-methyl/N-ethyl adjacent to an activating group) is 1. The van der Waals surface area contributed by atoms with Crippen molar-refractivity contribution in [1.29, 1.82) is 0 Å². The third-order valence-corrected chi connectivity index (χ3v) is 3.09. The number of nitrogens with zero attached hydrogens (tertiary/aromatic N) is 1. The van der Waals surface area contributed by atoms with Gasteiger partial charge in [0.25, 0.3) is 0 Å². The quantitative estimate of drug-likeness (QED) is 0.623. The predicted octanol–water partition coefficient (Wildman–Crippen LogP) is 0.964. The zero-order valence-electron chi connectivity index (χ0n) is 11.6. The zero-order valence-corrected chi connectivity index (χ0v) is 12.4. The normalized spacial score (nSPS) is 10.6. The van der Waals surface area contributed by atoms with E-state index in [0.29, 0.717) is 23.6 Å². The monoisotopic (exact) mass is 295 g/mol. The molecule has 1 aromatic rings. The highest BCUT2D eigenvalue weighted by atomic mass is 32.1. The molecule has 1 aromatic carbocycles. The molecule has 0 fully saturated rings. The smallest absolute Gasteiger partial charge is 0.224 e. The maximum absolute atomic E-state index is 11.8. The first-order valence-corrected chi connectivity index (χ1v) is 6.93. The van der Waals surface area contributed by atoms with E-state index < -0.39 is 0 Å². The van der Waals surface area contributed by atoms with Crippen molar-refractivity contribution in [3.8, 4) is 0 Å². The standard InChI is InChI=1S/C14H21N3O2S/c1-17(8-9-18)7-3-6-13(19)16-12-5-2-4-11(10-12)14(15)20/h2,4-5,10,18H,3,6-9H2,1H3,(H2,15,20)(H,16,19). The Morgan fingerprint density at radius 3 is 2.85 bits per heavy atom. The summed E-state index contributed by atoms with van der Waals surface area (Å²) in [4.78, 5) is 14.1. The summed E-state index contributed by atoms with van der Waals surface area (Å²) in [5.41, 5.74) is 6.98. The second-order valence-electron chi connectivity index (χ2n) is 4.62. The number of nitrogens with two attached hydrogens (primary N) is 1. The molecule has 6 heteroatoms. The van der Waals surface area contributed by atoms with Gasteiger partial charge in [-0.3, -0.25) is 4.79 Å². The largest absolute Gasteiger partial charge is 0.395 e. The summed E-state index contributed by atoms with van der Waals surface area (Å²) < 4.78 is 0. The maximum atomic E-state index is 11.8. The molecule has 0 aromatic heterocycles. The topological polar surface area (TPSA) is 78.6 Å². The van der Waals surface area contributed by atoms with Crippen LogP contribution in [0.1, 0.15) is 18.4 Å². The zero-order chi connectivity index (χ0) is 15.0. The van der Waals surface area contributed by atoms with Crippen LogP contribution in [-0.4, -0.2) is 47.6 Å². The molecular weight excluding hydrogens is 274 g/mol. The van der Waals surface area contributed by atoms with Crippen LogP contribution in [0.3, 0.4) is 0 Å². The summed E-state index contributed by atoms with van der Waals surface area (Å²) in [7, 11) is 1.92. The molecule has 4 N–H and O–H groups in total. The first-order valence-electron chi connectivity index (χ1n) is 6.52. The number of amides is 1. The lowest BCUT2D eigenvalue weighted by molar-refractivity contribution is -0.116. The average Bonchev–Trinajstić information content (AvgIpc) is 2.39. The van der Waals surface area contributed by atoms with Crippen molar-refractivity contribution >= 4 is 28.8 Å². The van der Waals surface area contributed by atoms with Gasteiger partial charge in [0.15, 0.2) is 0 Å². The number of anilines is 1. The number of rotatable bonds is 8. The summed E-state index contributed by atoms with van der Waals surface area (Å²) in [6.45, 7) is 1.53. The van der Waals surface area contributed by atoms with Gasteiger partial charge in [0.1, 0.15) is 4.99 Å². The minimum atomic E-state index is -0.0394. The highest BCUT2D eigenvalue weighted by Crippen LogP contribution is 2.11. The lowest BCUT2D eigenvalue weighted by Gasteiger charge is -2.14. The Balaban J connectivity index is 2.39. The van der Waals surface area contributed by atoms with Crippen molar-refractivity contribution in [2.75, 3.05) is 32.1 Å². The van der Waals surface area contributed by atoms with Crippen LogP contribution in [0.15, 0.2) is 24.3 Å². The van der Waals surface area contributed by atoms with E-state index in [1.807, 2.05) is 18.0 Å². The van der Waals surface area contributed by atoms with Crippen LogP contribution in [0.2, 0.25) is 0 Å². The average molecular weight is 295 g/mol. The number of aliphatic hydroxyl groups excluding tert-OH is 1. The molecule has 0 spiro atoms. The van der Waals surface area contributed by atoms with Gasteiger partial charge < -0.3 is 21.1 Å². The van der Waals surface area contributed by atoms with Crippen molar-refractivity contribution < 1.29 is 9.90 Å². The van der Waals surface area contributed by atoms with E-state index in [-0.39, 0.29) is 12.5 Å². The van der Waals surface area contributed by atoms with Gasteiger partial charge in [-0.2, -0.15) is 0 Å². The molecule has 0 heterocycles. The molecular formula is C14H21N3O2S. The Kier molecular flexibility index (Phi) is 7.14. The fourth-order valence-corrected chi connectivity index (χ4v) is 1.89. The number of carbonyl (C=O) groups is 1. The Morgan fingerprint density at radius 2 is 2.20 bits per heavy atom. The third-order valence-electron chi connectivity index (χ3n) is 2.86. The van der Waals surface area contributed by atoms with Gasteiger partial charge in [0, 0.05) is 24.2 Å². The number of thiocarbonyl (C=S) groups is 1. The number of hydrogen-bond donors (Lipinski definition) is 3. The fraction of sp³-hybridized carbons (Fsp3) is 0.429. The molecule has 20 heavy (non-hydrogen) atoms. The number of nitrogens with one attached hydrogen (secondary N) is 1. The van der Waals surface area contributed by atoms with E-state index in [1.54, 1.807) is 18.2 Å². The molecule has 0 aliphatic rings. The lowest BCUT2D eigenvalue weighted by Crippen LogP contribution is -2.24. The van der Waals surface area contributed by atoms with E-state index in [1.165, 1.54) is 0 Å². The van der Waals surface area contributed by atoms with Gasteiger partial charge >= 0.3 is 0 Å². The number of hydrogen-bond acceptors (Lipinski definition) is 4. The Morgan fingerprint density at radius 1 is 1.45 bits per heavy atom. The Bertz CT molecular complexity index is 465. The SMILES string of the molecule is CN(CCO)CCCC(=O)Nc1cccc(C(N)=S)c1. The highest BCUT2D eigenvalue weighted by Gasteiger charge is 2.05. The van der Waals surface area contributed by atoms with Gasteiger partial charge in [0.2, 0.25) is 5.91 Å². The van der Waals surface area contributed by atoms with Crippen LogP contribution in [0, 0.1) is 0 Å². The van der Waals surface area contributed by atoms with Crippen LogP contribution in [0.25, 0.3) is 0 Å². The minimum absolute atomic E-state index is 0.0394. The van der Waals surface area contributed by atoms with Crippen LogP contribution >= 0.6 is 12.2 Å². The molecule has 0 bridgehead atoms. The molecule has 0 unspecified atom stereocenters. The molecule has 110 valence electrons. The van der Waals surface area contributed by atoms with E-state index in [4.69, 9.17) is 23.1 Å². The molecule has 0 aliphatic heterocycles. The van der Waals surface area contributed by atoms with Gasteiger partial charge in [-0.05, 0) is 32.1 Å². The maximum Gasteiger partial charge on any atom is 0.224 e. The van der Waals surface area contributed by atoms with E-state index in [2.05, 4.69) is 5.32 Å². The molecule has 0 radical (unpaired) electrons. The van der Waals surface area contributed by atoms with Gasteiger partial charge in [-0.15, -0.1) is 0 Å². The second-order valence-corrected chi connectivity index (χ2v) is 5.06. The first-order chi connectivity index (χ1) is 9.52. The molecule has 5 nitrogen and oxygen atoms in total. The van der Waals surface area contributed by atoms with Crippen molar-refractivity contribution in [1.82, 2.24) is 4.90 Å². The molecule has 0 saturated carbocycles. The second kappa shape index (κ2) is 8.63. The summed E-state index contributed by atoms with van der Waals surface area (Å²) in [5.74, 6) is -0.0394. The van der Waals surface area contributed by atoms with Gasteiger partial charge in [-0.1, -0.05) is 24.4 Å². The molecule has 1 rings (SSSR count). The van der Waals surface area contributed by atoms with Gasteiger partial charge in [0.05, 0.1) is 6.61 Å².